The van der Waals surface area contributed by atoms with Crippen molar-refractivity contribution in [2.45, 2.75) is 25.3 Å². The summed E-state index contributed by atoms with van der Waals surface area (Å²) in [5.41, 5.74) is 9.52. The number of hydrogen-bond donors (Lipinski definition) is 1. The highest BCUT2D eigenvalue weighted by Crippen LogP contribution is 2.34. The van der Waals surface area contributed by atoms with Crippen LogP contribution in [0, 0.1) is 0 Å². The zero-order chi connectivity index (χ0) is 11.7. The van der Waals surface area contributed by atoms with Gasteiger partial charge >= 0.3 is 0 Å². The Hall–Kier alpha value is -1.22. The van der Waals surface area contributed by atoms with Gasteiger partial charge in [0.1, 0.15) is 5.75 Å². The number of ether oxygens (including phenoxy) is 1. The molecule has 0 radical (unpaired) electrons. The van der Waals surface area contributed by atoms with Crippen LogP contribution < -0.4 is 10.5 Å². The van der Waals surface area contributed by atoms with Gasteiger partial charge in [0.2, 0.25) is 0 Å². The molecule has 0 saturated carbocycles. The van der Waals surface area contributed by atoms with Gasteiger partial charge in [-0.3, -0.25) is 0 Å². The van der Waals surface area contributed by atoms with E-state index in [4.69, 9.17) is 10.5 Å². The second-order valence-electron chi connectivity index (χ2n) is 4.67. The van der Waals surface area contributed by atoms with Gasteiger partial charge in [0, 0.05) is 17.3 Å². The first-order valence-electron chi connectivity index (χ1n) is 5.74. The third-order valence-corrected chi connectivity index (χ3v) is 3.54. The van der Waals surface area contributed by atoms with Gasteiger partial charge in [-0.05, 0) is 51.1 Å². The molecule has 0 spiro atoms. The molecule has 3 nitrogen and oxygen atoms in total. The van der Waals surface area contributed by atoms with Crippen LogP contribution in [0.25, 0.3) is 0 Å². The number of benzene rings is 1. The van der Waals surface area contributed by atoms with Gasteiger partial charge in [0.15, 0.2) is 0 Å². The second kappa shape index (κ2) is 4.34. The van der Waals surface area contributed by atoms with Crippen LogP contribution in [0.15, 0.2) is 12.1 Å². The molecule has 0 saturated heterocycles. The maximum absolute atomic E-state index is 6.02. The molecule has 1 aromatic rings. The lowest BCUT2D eigenvalue weighted by Crippen LogP contribution is -2.34. The first-order chi connectivity index (χ1) is 7.63. The predicted octanol–water partition coefficient (Wildman–Crippen LogP) is 1.70. The molecule has 3 heteroatoms. The van der Waals surface area contributed by atoms with Crippen LogP contribution in [-0.2, 0) is 12.8 Å². The molecule has 0 bridgehead atoms. The van der Waals surface area contributed by atoms with Crippen molar-refractivity contribution >= 4 is 5.69 Å². The number of methoxy groups -OCH3 is 1. The van der Waals surface area contributed by atoms with Gasteiger partial charge in [-0.1, -0.05) is 0 Å². The van der Waals surface area contributed by atoms with E-state index < -0.39 is 0 Å². The molecule has 1 atom stereocenters. The first-order valence-corrected chi connectivity index (χ1v) is 5.74. The Morgan fingerprint density at radius 2 is 2.06 bits per heavy atom. The molecule has 0 amide bonds. The fraction of sp³-hybridized carbons (Fsp3) is 0.538. The summed E-state index contributed by atoms with van der Waals surface area (Å²) < 4.78 is 5.42. The van der Waals surface area contributed by atoms with E-state index in [0.717, 1.165) is 24.3 Å². The lowest BCUT2D eigenvalue weighted by Gasteiger charge is -2.31. The summed E-state index contributed by atoms with van der Waals surface area (Å²) in [5.74, 6) is 0.982. The van der Waals surface area contributed by atoms with Crippen molar-refractivity contribution < 1.29 is 4.74 Å². The fourth-order valence-electron chi connectivity index (χ4n) is 2.49. The molecule has 0 fully saturated rings. The maximum Gasteiger partial charge on any atom is 0.122 e. The number of likely N-dealkylation sites (N-methyl/N-ethyl adjacent to an activating group) is 1. The minimum atomic E-state index is 0.600. The van der Waals surface area contributed by atoms with E-state index in [1.165, 1.54) is 17.5 Å². The van der Waals surface area contributed by atoms with Gasteiger partial charge < -0.3 is 15.4 Å². The van der Waals surface area contributed by atoms with Gasteiger partial charge in [0.05, 0.1) is 7.11 Å². The molecule has 2 N–H and O–H groups in total. The third-order valence-electron chi connectivity index (χ3n) is 3.54. The zero-order valence-electron chi connectivity index (χ0n) is 10.3. The minimum Gasteiger partial charge on any atom is -0.496 e. The Balaban J connectivity index is 2.38. The van der Waals surface area contributed by atoms with Crippen molar-refractivity contribution in [1.82, 2.24) is 4.90 Å². The van der Waals surface area contributed by atoms with Crippen molar-refractivity contribution in [3.05, 3.63) is 23.3 Å². The monoisotopic (exact) mass is 220 g/mol. The zero-order valence-corrected chi connectivity index (χ0v) is 10.3. The van der Waals surface area contributed by atoms with Crippen LogP contribution in [0.2, 0.25) is 0 Å². The average Bonchev–Trinajstić information content (AvgIpc) is 2.29. The number of nitrogen functional groups attached to an aromatic ring is 1. The summed E-state index contributed by atoms with van der Waals surface area (Å²) in [4.78, 5) is 2.28. The third kappa shape index (κ3) is 1.87. The lowest BCUT2D eigenvalue weighted by atomic mass is 9.86. The first kappa shape index (κ1) is 11.3. The smallest absolute Gasteiger partial charge is 0.122 e. The Bertz CT molecular complexity index is 388. The fourth-order valence-corrected chi connectivity index (χ4v) is 2.49. The Labute approximate surface area is 97.2 Å². The van der Waals surface area contributed by atoms with Crippen molar-refractivity contribution in [1.29, 1.82) is 0 Å². The molecule has 1 aliphatic carbocycles. The predicted molar refractivity (Wildman–Crippen MR) is 66.9 cm³/mol. The minimum absolute atomic E-state index is 0.600. The molecule has 0 heterocycles. The van der Waals surface area contributed by atoms with Gasteiger partial charge in [-0.25, -0.2) is 0 Å². The summed E-state index contributed by atoms with van der Waals surface area (Å²) in [6.45, 7) is 0. The van der Waals surface area contributed by atoms with E-state index in [1.807, 2.05) is 12.1 Å². The number of nitrogens with two attached hydrogens (primary N) is 1. The highest BCUT2D eigenvalue weighted by molar-refractivity contribution is 5.57. The molecule has 1 aliphatic rings. The number of nitrogens with zero attached hydrogens (tertiary/aromatic N) is 1. The van der Waals surface area contributed by atoms with E-state index in [1.54, 1.807) is 7.11 Å². The van der Waals surface area contributed by atoms with E-state index in [-0.39, 0.29) is 0 Å². The normalized spacial score (nSPS) is 19.6. The largest absolute Gasteiger partial charge is 0.496 e. The molecule has 0 aliphatic heterocycles. The molecular formula is C13H20N2O. The molecule has 0 aromatic heterocycles. The maximum atomic E-state index is 6.02. The Kier molecular flexibility index (Phi) is 3.06. The van der Waals surface area contributed by atoms with Crippen molar-refractivity contribution in [2.24, 2.45) is 0 Å². The average molecular weight is 220 g/mol. The number of hydrogen-bond acceptors (Lipinski definition) is 3. The molecule has 88 valence electrons. The Morgan fingerprint density at radius 3 is 2.69 bits per heavy atom. The van der Waals surface area contributed by atoms with Crippen LogP contribution in [0.3, 0.4) is 0 Å². The van der Waals surface area contributed by atoms with Crippen LogP contribution in [0.4, 0.5) is 5.69 Å². The number of anilines is 1. The summed E-state index contributed by atoms with van der Waals surface area (Å²) >= 11 is 0. The van der Waals surface area contributed by atoms with E-state index in [9.17, 15) is 0 Å². The quantitative estimate of drug-likeness (QED) is 0.771. The van der Waals surface area contributed by atoms with Crippen LogP contribution in [0.5, 0.6) is 5.75 Å². The van der Waals surface area contributed by atoms with Gasteiger partial charge in [-0.15, -0.1) is 0 Å². The number of fused-ring (bicyclic) bond motifs is 1. The summed E-state index contributed by atoms with van der Waals surface area (Å²) in [7, 11) is 5.99. The van der Waals surface area contributed by atoms with Crippen molar-refractivity contribution in [3.8, 4) is 5.75 Å². The van der Waals surface area contributed by atoms with Gasteiger partial charge in [-0.2, -0.15) is 0 Å². The molecular weight excluding hydrogens is 200 g/mol. The molecule has 1 aromatic carbocycles. The van der Waals surface area contributed by atoms with E-state index in [2.05, 4.69) is 19.0 Å². The Morgan fingerprint density at radius 1 is 1.31 bits per heavy atom. The van der Waals surface area contributed by atoms with Crippen LogP contribution in [0.1, 0.15) is 17.5 Å². The topological polar surface area (TPSA) is 38.5 Å². The lowest BCUT2D eigenvalue weighted by molar-refractivity contribution is 0.265. The van der Waals surface area contributed by atoms with Gasteiger partial charge in [0.25, 0.3) is 0 Å². The van der Waals surface area contributed by atoms with Crippen molar-refractivity contribution in [2.75, 3.05) is 26.9 Å². The number of rotatable bonds is 2. The SMILES string of the molecule is COc1ccc(N)c2c1CC(N(C)C)CC2. The van der Waals surface area contributed by atoms with Crippen LogP contribution in [-0.4, -0.2) is 32.1 Å². The molecule has 16 heavy (non-hydrogen) atoms. The summed E-state index contributed by atoms with van der Waals surface area (Å²) in [6, 6.07) is 4.53. The summed E-state index contributed by atoms with van der Waals surface area (Å²) in [5, 5.41) is 0. The molecule has 1 unspecified atom stereocenters. The molecule has 2 rings (SSSR count). The van der Waals surface area contributed by atoms with E-state index in [0.29, 0.717) is 6.04 Å². The van der Waals surface area contributed by atoms with Crippen molar-refractivity contribution in [3.63, 3.8) is 0 Å². The summed E-state index contributed by atoms with van der Waals surface area (Å²) in [6.07, 6.45) is 3.27. The second-order valence-corrected chi connectivity index (χ2v) is 4.67. The van der Waals surface area contributed by atoms with E-state index >= 15 is 0 Å². The van der Waals surface area contributed by atoms with Crippen LogP contribution >= 0.6 is 0 Å². The highest BCUT2D eigenvalue weighted by Gasteiger charge is 2.24. The highest BCUT2D eigenvalue weighted by atomic mass is 16.5. The standard InChI is InChI=1S/C13H20N2O/c1-15(2)9-4-5-10-11(8-9)13(16-3)7-6-12(10)14/h6-7,9H,4-5,8,14H2,1-3H3.